The normalized spacial score (nSPS) is 30.3. The van der Waals surface area contributed by atoms with E-state index in [2.05, 4.69) is 20.4 Å². The first-order valence-corrected chi connectivity index (χ1v) is 6.64. The molecule has 0 radical (unpaired) electrons. The van der Waals surface area contributed by atoms with Gasteiger partial charge in [0.25, 0.3) is 0 Å². The summed E-state index contributed by atoms with van der Waals surface area (Å²) in [5, 5.41) is 7.13. The second-order valence-electron chi connectivity index (χ2n) is 5.11. The Morgan fingerprint density at radius 1 is 1.50 bits per heavy atom. The van der Waals surface area contributed by atoms with Gasteiger partial charge in [0, 0.05) is 12.6 Å². The van der Waals surface area contributed by atoms with Crippen molar-refractivity contribution >= 4 is 0 Å². The van der Waals surface area contributed by atoms with Crippen LogP contribution in [0.5, 0.6) is 0 Å². The molecule has 1 aromatic heterocycles. The molecular formula is C12H20N4O2. The summed E-state index contributed by atoms with van der Waals surface area (Å²) >= 11 is 0. The molecule has 3 unspecified atom stereocenters. The van der Waals surface area contributed by atoms with Gasteiger partial charge >= 0.3 is 0 Å². The Labute approximate surface area is 107 Å². The first-order chi connectivity index (χ1) is 8.78. The van der Waals surface area contributed by atoms with Gasteiger partial charge in [-0.05, 0) is 33.4 Å². The lowest BCUT2D eigenvalue weighted by Gasteiger charge is -2.33. The number of rotatable bonds is 3. The quantitative estimate of drug-likeness (QED) is 0.862. The van der Waals surface area contributed by atoms with Crippen molar-refractivity contribution in [1.29, 1.82) is 0 Å². The fourth-order valence-electron chi connectivity index (χ4n) is 2.65. The zero-order chi connectivity index (χ0) is 12.5. The van der Waals surface area contributed by atoms with Crippen molar-refractivity contribution in [2.24, 2.45) is 0 Å². The van der Waals surface area contributed by atoms with E-state index in [1.165, 1.54) is 19.4 Å². The van der Waals surface area contributed by atoms with E-state index in [4.69, 9.17) is 9.26 Å². The van der Waals surface area contributed by atoms with Gasteiger partial charge < -0.3 is 14.6 Å². The molecule has 2 aliphatic heterocycles. The van der Waals surface area contributed by atoms with Gasteiger partial charge in [-0.3, -0.25) is 4.90 Å². The lowest BCUT2D eigenvalue weighted by molar-refractivity contribution is -0.0548. The number of aromatic nitrogens is 2. The van der Waals surface area contributed by atoms with E-state index in [9.17, 15) is 0 Å². The highest BCUT2D eigenvalue weighted by Gasteiger charge is 2.35. The smallest absolute Gasteiger partial charge is 0.243 e. The highest BCUT2D eigenvalue weighted by atomic mass is 16.5. The summed E-state index contributed by atoms with van der Waals surface area (Å²) in [6.45, 7) is 4.84. The highest BCUT2D eigenvalue weighted by Crippen LogP contribution is 2.29. The molecule has 0 amide bonds. The molecule has 2 fully saturated rings. The monoisotopic (exact) mass is 252 g/mol. The van der Waals surface area contributed by atoms with Gasteiger partial charge in [0.15, 0.2) is 0 Å². The van der Waals surface area contributed by atoms with Crippen LogP contribution in [-0.2, 0) is 4.74 Å². The summed E-state index contributed by atoms with van der Waals surface area (Å²) in [6.07, 6.45) is 2.48. The molecule has 6 heteroatoms. The molecule has 0 bridgehead atoms. The van der Waals surface area contributed by atoms with Crippen LogP contribution in [0, 0.1) is 0 Å². The highest BCUT2D eigenvalue weighted by molar-refractivity contribution is 4.98. The molecule has 1 aromatic rings. The number of hydrogen-bond acceptors (Lipinski definition) is 6. The molecule has 0 aromatic carbocycles. The van der Waals surface area contributed by atoms with Gasteiger partial charge in [0.2, 0.25) is 11.7 Å². The number of hydrogen-bond donors (Lipinski definition) is 1. The van der Waals surface area contributed by atoms with Crippen LogP contribution in [0.15, 0.2) is 4.52 Å². The fourth-order valence-corrected chi connectivity index (χ4v) is 2.65. The zero-order valence-electron chi connectivity index (χ0n) is 10.9. The lowest BCUT2D eigenvalue weighted by Crippen LogP contribution is -2.42. The lowest BCUT2D eigenvalue weighted by atomic mass is 10.2. The van der Waals surface area contributed by atoms with Crippen molar-refractivity contribution < 1.29 is 9.26 Å². The summed E-state index contributed by atoms with van der Waals surface area (Å²) in [7, 11) is 1.88. The van der Waals surface area contributed by atoms with Gasteiger partial charge in [-0.2, -0.15) is 4.98 Å². The van der Waals surface area contributed by atoms with Crippen molar-refractivity contribution in [1.82, 2.24) is 20.4 Å². The van der Waals surface area contributed by atoms with Crippen molar-refractivity contribution in [3.63, 3.8) is 0 Å². The van der Waals surface area contributed by atoms with E-state index in [-0.39, 0.29) is 12.1 Å². The Balaban J connectivity index is 1.69. The maximum Gasteiger partial charge on any atom is 0.243 e. The molecule has 3 atom stereocenters. The van der Waals surface area contributed by atoms with Crippen molar-refractivity contribution in [3.05, 3.63) is 11.7 Å². The second kappa shape index (κ2) is 4.95. The number of nitrogens with zero attached hydrogens (tertiary/aromatic N) is 3. The van der Waals surface area contributed by atoms with E-state index < -0.39 is 0 Å². The Morgan fingerprint density at radius 2 is 2.39 bits per heavy atom. The standard InChI is InChI=1S/C12H20N4O2/c1-8(13-2)12-14-11(15-18-12)10-6-16-5-3-4-9(16)7-17-10/h8-10,13H,3-7H2,1-2H3. The zero-order valence-corrected chi connectivity index (χ0v) is 10.9. The van der Waals surface area contributed by atoms with Gasteiger partial charge in [0.1, 0.15) is 6.10 Å². The molecule has 2 saturated heterocycles. The third kappa shape index (κ3) is 2.15. The third-order valence-electron chi connectivity index (χ3n) is 3.94. The summed E-state index contributed by atoms with van der Waals surface area (Å²) in [6, 6.07) is 0.679. The Hall–Kier alpha value is -0.980. The van der Waals surface area contributed by atoms with E-state index in [1.807, 2.05) is 14.0 Å². The van der Waals surface area contributed by atoms with Gasteiger partial charge in [-0.15, -0.1) is 0 Å². The van der Waals surface area contributed by atoms with Gasteiger partial charge in [-0.1, -0.05) is 5.16 Å². The molecule has 0 saturated carbocycles. The maximum absolute atomic E-state index is 5.86. The average Bonchev–Trinajstić information content (AvgIpc) is 3.05. The second-order valence-corrected chi connectivity index (χ2v) is 5.11. The number of nitrogens with one attached hydrogen (secondary N) is 1. The topological polar surface area (TPSA) is 63.4 Å². The van der Waals surface area contributed by atoms with E-state index in [1.54, 1.807) is 0 Å². The van der Waals surface area contributed by atoms with Gasteiger partial charge in [0.05, 0.1) is 12.6 Å². The molecule has 0 aliphatic carbocycles. The average molecular weight is 252 g/mol. The van der Waals surface area contributed by atoms with Crippen LogP contribution < -0.4 is 5.32 Å². The number of ether oxygens (including phenoxy) is 1. The number of fused-ring (bicyclic) bond motifs is 1. The largest absolute Gasteiger partial charge is 0.367 e. The van der Waals surface area contributed by atoms with Crippen LogP contribution >= 0.6 is 0 Å². The maximum atomic E-state index is 5.86. The summed E-state index contributed by atoms with van der Waals surface area (Å²) in [5.41, 5.74) is 0. The van der Waals surface area contributed by atoms with Crippen LogP contribution in [-0.4, -0.2) is 47.8 Å². The molecule has 6 nitrogen and oxygen atoms in total. The first-order valence-electron chi connectivity index (χ1n) is 6.64. The minimum atomic E-state index is -0.0408. The van der Waals surface area contributed by atoms with Gasteiger partial charge in [-0.25, -0.2) is 0 Å². The van der Waals surface area contributed by atoms with Crippen molar-refractivity contribution in [3.8, 4) is 0 Å². The Bertz CT molecular complexity index is 409. The van der Waals surface area contributed by atoms with Crippen LogP contribution in [0.1, 0.15) is 43.6 Å². The fraction of sp³-hybridized carbons (Fsp3) is 0.833. The Morgan fingerprint density at radius 3 is 3.22 bits per heavy atom. The molecule has 0 spiro atoms. The van der Waals surface area contributed by atoms with Crippen molar-refractivity contribution in [2.45, 2.75) is 38.0 Å². The Kier molecular flexibility index (Phi) is 3.32. The minimum Gasteiger partial charge on any atom is -0.367 e. The summed E-state index contributed by atoms with van der Waals surface area (Å²) in [4.78, 5) is 6.90. The third-order valence-corrected chi connectivity index (χ3v) is 3.94. The summed E-state index contributed by atoms with van der Waals surface area (Å²) in [5.74, 6) is 1.30. The molecule has 2 aliphatic rings. The predicted octanol–water partition coefficient (Wildman–Crippen LogP) is 0.886. The van der Waals surface area contributed by atoms with Crippen LogP contribution in [0.4, 0.5) is 0 Å². The minimum absolute atomic E-state index is 0.0408. The molecule has 3 heterocycles. The van der Waals surface area contributed by atoms with Crippen LogP contribution in [0.25, 0.3) is 0 Å². The first kappa shape index (κ1) is 12.1. The summed E-state index contributed by atoms with van der Waals surface area (Å²) < 4.78 is 11.1. The predicted molar refractivity (Wildman–Crippen MR) is 65.1 cm³/mol. The number of morpholine rings is 1. The molecule has 1 N–H and O–H groups in total. The van der Waals surface area contributed by atoms with E-state index in [0.29, 0.717) is 17.8 Å². The van der Waals surface area contributed by atoms with E-state index >= 15 is 0 Å². The SMILES string of the molecule is CNC(C)c1nc(C2CN3CCCC3CO2)no1. The molecule has 3 rings (SSSR count). The molecule has 18 heavy (non-hydrogen) atoms. The van der Waals surface area contributed by atoms with Crippen LogP contribution in [0.2, 0.25) is 0 Å². The van der Waals surface area contributed by atoms with E-state index in [0.717, 1.165) is 13.2 Å². The van der Waals surface area contributed by atoms with Crippen LogP contribution in [0.3, 0.4) is 0 Å². The van der Waals surface area contributed by atoms with Crippen molar-refractivity contribution in [2.75, 3.05) is 26.7 Å². The molecule has 100 valence electrons. The molecular weight excluding hydrogens is 232 g/mol.